The molecule has 0 N–H and O–H groups in total. The van der Waals surface area contributed by atoms with E-state index in [0.717, 1.165) is 71.2 Å². The Morgan fingerprint density at radius 2 is 1.68 bits per heavy atom. The highest BCUT2D eigenvalue weighted by Gasteiger charge is 2.36. The molecule has 6 heteroatoms. The maximum absolute atomic E-state index is 12.2. The van der Waals surface area contributed by atoms with Crippen LogP contribution in [0.15, 0.2) is 0 Å². The smallest absolute Gasteiger partial charge is 0.410 e. The Morgan fingerprint density at radius 1 is 1.00 bits per heavy atom. The summed E-state index contributed by atoms with van der Waals surface area (Å²) in [6.07, 6.45) is 5.89. The van der Waals surface area contributed by atoms with Gasteiger partial charge >= 0.3 is 6.09 Å². The first kappa shape index (κ1) is 18.5. The molecule has 3 saturated heterocycles. The molecule has 0 aliphatic carbocycles. The molecule has 1 atom stereocenters. The minimum Gasteiger partial charge on any atom is -0.444 e. The molecule has 0 bridgehead atoms. The third-order valence-electron chi connectivity index (χ3n) is 5.63. The lowest BCUT2D eigenvalue weighted by Crippen LogP contribution is -2.51. The van der Waals surface area contributed by atoms with Gasteiger partial charge in [0.25, 0.3) is 0 Å². The van der Waals surface area contributed by atoms with Crippen LogP contribution in [0.25, 0.3) is 0 Å². The van der Waals surface area contributed by atoms with Gasteiger partial charge in [0, 0.05) is 51.2 Å². The highest BCUT2D eigenvalue weighted by atomic mass is 16.6. The SMILES string of the molecule is CC(C)(C)OC(=O)N1CCC(N2CCC(N3CCCCC3=O)CC2)C1. The second-order valence-electron chi connectivity index (χ2n) is 8.68. The maximum Gasteiger partial charge on any atom is 0.410 e. The van der Waals surface area contributed by atoms with Gasteiger partial charge in [-0.1, -0.05) is 0 Å². The first-order chi connectivity index (χ1) is 11.8. The number of hydrogen-bond acceptors (Lipinski definition) is 4. The van der Waals surface area contributed by atoms with Gasteiger partial charge in [-0.05, 0) is 52.9 Å². The van der Waals surface area contributed by atoms with Crippen LogP contribution in [0.2, 0.25) is 0 Å². The van der Waals surface area contributed by atoms with Gasteiger partial charge in [0.1, 0.15) is 5.60 Å². The number of amides is 2. The minimum absolute atomic E-state index is 0.191. The lowest BCUT2D eigenvalue weighted by atomic mass is 9.98. The average molecular weight is 351 g/mol. The van der Waals surface area contributed by atoms with Crippen LogP contribution in [-0.2, 0) is 9.53 Å². The van der Waals surface area contributed by atoms with Crippen molar-refractivity contribution in [3.05, 3.63) is 0 Å². The van der Waals surface area contributed by atoms with Gasteiger partial charge in [-0.25, -0.2) is 4.79 Å². The number of carbonyl (C=O) groups excluding carboxylic acids is 2. The van der Waals surface area contributed by atoms with E-state index >= 15 is 0 Å². The Balaban J connectivity index is 1.46. The van der Waals surface area contributed by atoms with Gasteiger partial charge in [0.05, 0.1) is 0 Å². The van der Waals surface area contributed by atoms with Crippen molar-refractivity contribution in [3.63, 3.8) is 0 Å². The van der Waals surface area contributed by atoms with Crippen molar-refractivity contribution in [2.24, 2.45) is 0 Å². The van der Waals surface area contributed by atoms with Crippen molar-refractivity contribution in [1.82, 2.24) is 14.7 Å². The summed E-state index contributed by atoms with van der Waals surface area (Å²) in [5.41, 5.74) is -0.436. The number of piperidine rings is 2. The molecule has 0 aromatic rings. The predicted octanol–water partition coefficient (Wildman–Crippen LogP) is 2.47. The molecular weight excluding hydrogens is 318 g/mol. The van der Waals surface area contributed by atoms with Crippen LogP contribution in [0, 0.1) is 0 Å². The summed E-state index contributed by atoms with van der Waals surface area (Å²) in [5, 5.41) is 0. The number of ether oxygens (including phenoxy) is 1. The zero-order chi connectivity index (χ0) is 18.0. The minimum atomic E-state index is -0.436. The molecule has 3 heterocycles. The molecule has 3 fully saturated rings. The van der Waals surface area contributed by atoms with Crippen molar-refractivity contribution in [3.8, 4) is 0 Å². The molecule has 25 heavy (non-hydrogen) atoms. The van der Waals surface area contributed by atoms with E-state index in [9.17, 15) is 9.59 Å². The average Bonchev–Trinajstić information content (AvgIpc) is 3.04. The zero-order valence-electron chi connectivity index (χ0n) is 16.0. The molecule has 3 aliphatic heterocycles. The number of nitrogens with zero attached hydrogens (tertiary/aromatic N) is 3. The molecule has 3 aliphatic rings. The summed E-state index contributed by atoms with van der Waals surface area (Å²) in [4.78, 5) is 30.8. The molecule has 0 aromatic heterocycles. The zero-order valence-corrected chi connectivity index (χ0v) is 16.0. The molecule has 0 spiro atoms. The van der Waals surface area contributed by atoms with E-state index in [1.165, 1.54) is 0 Å². The molecule has 0 radical (unpaired) electrons. The Kier molecular flexibility index (Phi) is 5.56. The molecule has 3 rings (SSSR count). The summed E-state index contributed by atoms with van der Waals surface area (Å²) in [7, 11) is 0. The van der Waals surface area contributed by atoms with Crippen LogP contribution in [0.3, 0.4) is 0 Å². The summed E-state index contributed by atoms with van der Waals surface area (Å²) >= 11 is 0. The van der Waals surface area contributed by atoms with Crippen molar-refractivity contribution in [2.45, 2.75) is 77.0 Å². The van der Waals surface area contributed by atoms with E-state index in [1.54, 1.807) is 0 Å². The monoisotopic (exact) mass is 351 g/mol. The summed E-state index contributed by atoms with van der Waals surface area (Å²) in [5.74, 6) is 0.349. The van der Waals surface area contributed by atoms with E-state index in [4.69, 9.17) is 4.74 Å². The van der Waals surface area contributed by atoms with E-state index in [1.807, 2.05) is 25.7 Å². The Labute approximate surface area is 151 Å². The summed E-state index contributed by atoms with van der Waals surface area (Å²) in [6, 6.07) is 0.859. The molecule has 0 aromatic carbocycles. The molecule has 142 valence electrons. The van der Waals surface area contributed by atoms with Crippen LogP contribution >= 0.6 is 0 Å². The van der Waals surface area contributed by atoms with E-state index in [2.05, 4.69) is 9.80 Å². The van der Waals surface area contributed by atoms with E-state index < -0.39 is 5.60 Å². The Bertz CT molecular complexity index is 495. The van der Waals surface area contributed by atoms with Gasteiger partial charge in [-0.2, -0.15) is 0 Å². The van der Waals surface area contributed by atoms with Gasteiger partial charge < -0.3 is 14.5 Å². The molecular formula is C19H33N3O3. The summed E-state index contributed by atoms with van der Waals surface area (Å²) < 4.78 is 5.49. The Hall–Kier alpha value is -1.30. The fourth-order valence-electron chi connectivity index (χ4n) is 4.31. The summed E-state index contributed by atoms with van der Waals surface area (Å²) in [6.45, 7) is 10.3. The molecule has 6 nitrogen and oxygen atoms in total. The second kappa shape index (κ2) is 7.52. The molecule has 0 saturated carbocycles. The lowest BCUT2D eigenvalue weighted by Gasteiger charge is -2.42. The third kappa shape index (κ3) is 4.66. The van der Waals surface area contributed by atoms with Crippen molar-refractivity contribution >= 4 is 12.0 Å². The van der Waals surface area contributed by atoms with Crippen LogP contribution in [0.1, 0.15) is 59.3 Å². The van der Waals surface area contributed by atoms with Gasteiger partial charge in [0.15, 0.2) is 0 Å². The van der Waals surface area contributed by atoms with Crippen LogP contribution in [0.4, 0.5) is 4.79 Å². The predicted molar refractivity (Wildman–Crippen MR) is 96.4 cm³/mol. The lowest BCUT2D eigenvalue weighted by molar-refractivity contribution is -0.136. The van der Waals surface area contributed by atoms with Crippen molar-refractivity contribution in [2.75, 3.05) is 32.7 Å². The number of rotatable bonds is 2. The highest BCUT2D eigenvalue weighted by Crippen LogP contribution is 2.26. The van der Waals surface area contributed by atoms with E-state index in [0.29, 0.717) is 18.0 Å². The van der Waals surface area contributed by atoms with Crippen LogP contribution < -0.4 is 0 Å². The van der Waals surface area contributed by atoms with E-state index in [-0.39, 0.29) is 6.09 Å². The first-order valence-electron chi connectivity index (χ1n) is 9.85. The first-order valence-corrected chi connectivity index (χ1v) is 9.85. The largest absolute Gasteiger partial charge is 0.444 e. The molecule has 1 unspecified atom stereocenters. The fraction of sp³-hybridized carbons (Fsp3) is 0.895. The maximum atomic E-state index is 12.2. The number of hydrogen-bond donors (Lipinski definition) is 0. The van der Waals surface area contributed by atoms with Gasteiger partial charge in [0.2, 0.25) is 5.91 Å². The van der Waals surface area contributed by atoms with Gasteiger partial charge in [-0.3, -0.25) is 9.69 Å². The highest BCUT2D eigenvalue weighted by molar-refractivity contribution is 5.77. The van der Waals surface area contributed by atoms with Crippen LogP contribution in [-0.4, -0.2) is 77.1 Å². The topological polar surface area (TPSA) is 53.1 Å². The molecule has 2 amide bonds. The second-order valence-corrected chi connectivity index (χ2v) is 8.68. The quantitative estimate of drug-likeness (QED) is 0.767. The number of carbonyl (C=O) groups is 2. The fourth-order valence-corrected chi connectivity index (χ4v) is 4.31. The normalized spacial score (nSPS) is 27.0. The third-order valence-corrected chi connectivity index (χ3v) is 5.63. The van der Waals surface area contributed by atoms with Crippen molar-refractivity contribution in [1.29, 1.82) is 0 Å². The van der Waals surface area contributed by atoms with Gasteiger partial charge in [-0.15, -0.1) is 0 Å². The number of likely N-dealkylation sites (tertiary alicyclic amines) is 3. The standard InChI is InChI=1S/C19H33N3O3/c1-19(2,3)25-18(24)21-13-9-16(14-21)20-11-7-15(8-12-20)22-10-5-4-6-17(22)23/h15-16H,4-14H2,1-3H3. The Morgan fingerprint density at radius 3 is 2.32 bits per heavy atom. The van der Waals surface area contributed by atoms with Crippen molar-refractivity contribution < 1.29 is 14.3 Å². The van der Waals surface area contributed by atoms with Crippen LogP contribution in [0.5, 0.6) is 0 Å².